The molecular formula is C13H27NO2. The fourth-order valence-corrected chi connectivity index (χ4v) is 1.26. The third-order valence-electron chi connectivity index (χ3n) is 3.53. The number of hydrogen-bond acceptors (Lipinski definition) is 3. The van der Waals surface area contributed by atoms with Crippen molar-refractivity contribution in [1.82, 2.24) is 5.48 Å². The molecule has 0 aromatic heterocycles. The fraction of sp³-hybridized carbons (Fsp3) is 0.846. The number of rotatable bonds is 8. The first-order valence-electron chi connectivity index (χ1n) is 5.96. The second kappa shape index (κ2) is 7.05. The average Bonchev–Trinajstić information content (AvgIpc) is 2.17. The van der Waals surface area contributed by atoms with Crippen molar-refractivity contribution in [2.24, 2.45) is 11.3 Å². The molecule has 0 unspecified atom stereocenters. The van der Waals surface area contributed by atoms with Gasteiger partial charge in [0.15, 0.2) is 0 Å². The van der Waals surface area contributed by atoms with Crippen LogP contribution in [0, 0.1) is 11.3 Å². The maximum absolute atomic E-state index is 8.54. The molecular weight excluding hydrogens is 202 g/mol. The quantitative estimate of drug-likeness (QED) is 0.496. The van der Waals surface area contributed by atoms with E-state index in [1.54, 1.807) is 0 Å². The summed E-state index contributed by atoms with van der Waals surface area (Å²) in [4.78, 5) is 0. The van der Waals surface area contributed by atoms with E-state index in [2.05, 4.69) is 39.8 Å². The van der Waals surface area contributed by atoms with Gasteiger partial charge < -0.3 is 9.94 Å². The first-order valence-corrected chi connectivity index (χ1v) is 5.96. The SMILES string of the molecule is C=C(C)C(C)(C)[C@H](C)OCC[C@H](C)CNO. The van der Waals surface area contributed by atoms with Gasteiger partial charge in [-0.25, -0.2) is 5.48 Å². The van der Waals surface area contributed by atoms with E-state index < -0.39 is 0 Å². The van der Waals surface area contributed by atoms with Crippen molar-refractivity contribution in [3.63, 3.8) is 0 Å². The summed E-state index contributed by atoms with van der Waals surface area (Å²) in [6, 6.07) is 0. The third-order valence-corrected chi connectivity index (χ3v) is 3.53. The summed E-state index contributed by atoms with van der Waals surface area (Å²) in [6.45, 7) is 15.8. The minimum atomic E-state index is 0.0124. The Labute approximate surface area is 99.8 Å². The van der Waals surface area contributed by atoms with Gasteiger partial charge in [-0.05, 0) is 26.2 Å². The Kier molecular flexibility index (Phi) is 6.88. The van der Waals surface area contributed by atoms with E-state index in [0.717, 1.165) is 18.6 Å². The van der Waals surface area contributed by atoms with E-state index in [0.29, 0.717) is 12.5 Å². The summed E-state index contributed by atoms with van der Waals surface area (Å²) in [6.07, 6.45) is 1.11. The van der Waals surface area contributed by atoms with Gasteiger partial charge >= 0.3 is 0 Å². The van der Waals surface area contributed by atoms with Gasteiger partial charge in [-0.2, -0.15) is 0 Å². The summed E-state index contributed by atoms with van der Waals surface area (Å²) in [5, 5.41) is 8.54. The highest BCUT2D eigenvalue weighted by Gasteiger charge is 2.27. The number of ether oxygens (including phenoxy) is 1. The monoisotopic (exact) mass is 229 g/mol. The summed E-state index contributed by atoms with van der Waals surface area (Å²) < 4.78 is 5.81. The highest BCUT2D eigenvalue weighted by atomic mass is 16.5. The van der Waals surface area contributed by atoms with Gasteiger partial charge in [0.1, 0.15) is 0 Å². The van der Waals surface area contributed by atoms with Gasteiger partial charge in [-0.15, -0.1) is 0 Å². The van der Waals surface area contributed by atoms with E-state index in [-0.39, 0.29) is 11.5 Å². The van der Waals surface area contributed by atoms with Crippen LogP contribution in [0.4, 0.5) is 0 Å². The van der Waals surface area contributed by atoms with Crippen molar-refractivity contribution >= 4 is 0 Å². The van der Waals surface area contributed by atoms with Crippen molar-refractivity contribution in [2.45, 2.75) is 47.1 Å². The Morgan fingerprint density at radius 3 is 2.44 bits per heavy atom. The van der Waals surface area contributed by atoms with Crippen LogP contribution in [0.15, 0.2) is 12.2 Å². The molecule has 3 nitrogen and oxygen atoms in total. The van der Waals surface area contributed by atoms with E-state index >= 15 is 0 Å². The first-order chi connectivity index (χ1) is 7.32. The van der Waals surface area contributed by atoms with E-state index in [1.807, 2.05) is 6.92 Å². The number of hydrogen-bond donors (Lipinski definition) is 2. The third kappa shape index (κ3) is 5.10. The molecule has 0 aliphatic carbocycles. The lowest BCUT2D eigenvalue weighted by molar-refractivity contribution is -0.00362. The molecule has 0 amide bonds. The lowest BCUT2D eigenvalue weighted by Gasteiger charge is -2.32. The zero-order valence-electron chi connectivity index (χ0n) is 11.3. The molecule has 0 fully saturated rings. The predicted octanol–water partition coefficient (Wildman–Crippen LogP) is 3.00. The van der Waals surface area contributed by atoms with Gasteiger partial charge in [0.05, 0.1) is 6.10 Å². The van der Waals surface area contributed by atoms with Crippen LogP contribution in [0.2, 0.25) is 0 Å². The minimum absolute atomic E-state index is 0.0124. The Balaban J connectivity index is 3.90. The standard InChI is InChI=1S/C13H27NO2/c1-10(2)13(5,6)12(4)16-8-7-11(3)9-14-15/h11-12,14-15H,1,7-9H2,2-6H3/t11-,12-/m0/s1. The Morgan fingerprint density at radius 1 is 1.44 bits per heavy atom. The molecule has 16 heavy (non-hydrogen) atoms. The van der Waals surface area contributed by atoms with E-state index in [1.165, 1.54) is 0 Å². The molecule has 0 aliphatic heterocycles. The van der Waals surface area contributed by atoms with Crippen molar-refractivity contribution in [1.29, 1.82) is 0 Å². The topological polar surface area (TPSA) is 41.5 Å². The smallest absolute Gasteiger partial charge is 0.0634 e. The minimum Gasteiger partial charge on any atom is -0.378 e. The van der Waals surface area contributed by atoms with Crippen LogP contribution in [0.5, 0.6) is 0 Å². The van der Waals surface area contributed by atoms with Crippen molar-refractivity contribution in [3.05, 3.63) is 12.2 Å². The molecule has 3 heteroatoms. The molecule has 2 atom stereocenters. The van der Waals surface area contributed by atoms with Crippen molar-refractivity contribution in [2.75, 3.05) is 13.2 Å². The molecule has 0 bridgehead atoms. The average molecular weight is 229 g/mol. The van der Waals surface area contributed by atoms with Gasteiger partial charge in [0.25, 0.3) is 0 Å². The molecule has 0 spiro atoms. The van der Waals surface area contributed by atoms with Gasteiger partial charge in [-0.3, -0.25) is 0 Å². The number of nitrogens with one attached hydrogen (secondary N) is 1. The molecule has 0 aromatic carbocycles. The van der Waals surface area contributed by atoms with Gasteiger partial charge in [0.2, 0.25) is 0 Å². The molecule has 0 aromatic rings. The van der Waals surface area contributed by atoms with Crippen molar-refractivity contribution < 1.29 is 9.94 Å². The Morgan fingerprint density at radius 2 is 2.00 bits per heavy atom. The van der Waals surface area contributed by atoms with Crippen LogP contribution >= 0.6 is 0 Å². The second-order valence-corrected chi connectivity index (χ2v) is 5.27. The molecule has 0 aliphatic rings. The molecule has 0 heterocycles. The van der Waals surface area contributed by atoms with Crippen LogP contribution in [0.25, 0.3) is 0 Å². The molecule has 96 valence electrons. The summed E-state index contributed by atoms with van der Waals surface area (Å²) >= 11 is 0. The fourth-order valence-electron chi connectivity index (χ4n) is 1.26. The highest BCUT2D eigenvalue weighted by molar-refractivity contribution is 5.05. The molecule has 2 N–H and O–H groups in total. The largest absolute Gasteiger partial charge is 0.378 e. The Hall–Kier alpha value is -0.380. The Bertz CT molecular complexity index is 214. The molecule has 0 radical (unpaired) electrons. The van der Waals surface area contributed by atoms with Crippen molar-refractivity contribution in [3.8, 4) is 0 Å². The molecule has 0 saturated heterocycles. The maximum Gasteiger partial charge on any atom is 0.0634 e. The van der Waals surface area contributed by atoms with Gasteiger partial charge in [-0.1, -0.05) is 32.9 Å². The first kappa shape index (κ1) is 15.6. The number of hydroxylamine groups is 1. The lowest BCUT2D eigenvalue weighted by Crippen LogP contribution is -2.31. The second-order valence-electron chi connectivity index (χ2n) is 5.27. The molecule has 0 saturated carbocycles. The van der Waals surface area contributed by atoms with E-state index in [4.69, 9.17) is 9.94 Å². The zero-order chi connectivity index (χ0) is 12.8. The van der Waals surface area contributed by atoms with Crippen LogP contribution in [-0.2, 0) is 4.74 Å². The van der Waals surface area contributed by atoms with Crippen LogP contribution in [-0.4, -0.2) is 24.5 Å². The summed E-state index contributed by atoms with van der Waals surface area (Å²) in [5.41, 5.74) is 3.34. The van der Waals surface area contributed by atoms with Crippen LogP contribution < -0.4 is 5.48 Å². The highest BCUT2D eigenvalue weighted by Crippen LogP contribution is 2.30. The zero-order valence-corrected chi connectivity index (χ0v) is 11.3. The summed E-state index contributed by atoms with van der Waals surface area (Å²) in [5.74, 6) is 0.421. The maximum atomic E-state index is 8.54. The molecule has 0 rings (SSSR count). The lowest BCUT2D eigenvalue weighted by atomic mass is 9.81. The van der Waals surface area contributed by atoms with Gasteiger partial charge in [0, 0.05) is 18.6 Å². The van der Waals surface area contributed by atoms with Crippen LogP contribution in [0.3, 0.4) is 0 Å². The van der Waals surface area contributed by atoms with E-state index in [9.17, 15) is 0 Å². The normalized spacial score (nSPS) is 15.9. The summed E-state index contributed by atoms with van der Waals surface area (Å²) in [7, 11) is 0. The van der Waals surface area contributed by atoms with Crippen LogP contribution in [0.1, 0.15) is 41.0 Å². The predicted molar refractivity (Wildman–Crippen MR) is 67.6 cm³/mol.